The van der Waals surface area contributed by atoms with E-state index in [2.05, 4.69) is 9.97 Å². The zero-order valence-corrected chi connectivity index (χ0v) is 24.2. The number of para-hydroxylation sites is 1. The van der Waals surface area contributed by atoms with Crippen LogP contribution in [-0.4, -0.2) is 73.5 Å². The van der Waals surface area contributed by atoms with Gasteiger partial charge in [-0.25, -0.2) is 19.1 Å². The number of hydrogen-bond donors (Lipinski definition) is 2. The number of carbonyl (C=O) groups is 1. The van der Waals surface area contributed by atoms with Crippen molar-refractivity contribution in [1.82, 2.24) is 24.4 Å². The van der Waals surface area contributed by atoms with Gasteiger partial charge in [-0.3, -0.25) is 4.98 Å². The van der Waals surface area contributed by atoms with Gasteiger partial charge >= 0.3 is 11.8 Å². The van der Waals surface area contributed by atoms with Crippen LogP contribution in [0, 0.1) is 6.92 Å². The lowest BCUT2D eigenvalue weighted by atomic mass is 10.0. The number of aryl methyl sites for hydroxylation is 1. The molecule has 1 fully saturated rings. The zero-order chi connectivity index (χ0) is 29.6. The van der Waals surface area contributed by atoms with Crippen LogP contribution in [-0.2, 0) is 0 Å². The summed E-state index contributed by atoms with van der Waals surface area (Å²) in [5, 5.41) is 21.2. The fourth-order valence-electron chi connectivity index (χ4n) is 5.32. The van der Waals surface area contributed by atoms with Gasteiger partial charge in [0.05, 0.1) is 34.6 Å². The maximum Gasteiger partial charge on any atom is 0.407 e. The second-order valence-corrected chi connectivity index (χ2v) is 10.8. The van der Waals surface area contributed by atoms with Gasteiger partial charge in [-0.1, -0.05) is 31.5 Å². The molecule has 1 saturated heterocycles. The van der Waals surface area contributed by atoms with Crippen LogP contribution in [0.4, 0.5) is 10.6 Å². The Balaban J connectivity index is 1.85. The number of carboxylic acid groups (broad SMARTS) is 1. The van der Waals surface area contributed by atoms with E-state index in [1.807, 2.05) is 38.7 Å². The van der Waals surface area contributed by atoms with E-state index in [1.165, 1.54) is 16.6 Å². The van der Waals surface area contributed by atoms with Gasteiger partial charge in [0, 0.05) is 37.4 Å². The molecule has 1 amide bonds. The summed E-state index contributed by atoms with van der Waals surface area (Å²) in [7, 11) is 1.45. The summed E-state index contributed by atoms with van der Waals surface area (Å²) < 4.78 is 6.74. The molecule has 1 aliphatic rings. The number of piperazine rings is 1. The van der Waals surface area contributed by atoms with Crippen LogP contribution in [0.5, 0.6) is 11.5 Å². The third kappa shape index (κ3) is 4.90. The number of aromatic nitrogens is 4. The van der Waals surface area contributed by atoms with Crippen molar-refractivity contribution in [2.24, 2.45) is 0 Å². The number of halogens is 1. The van der Waals surface area contributed by atoms with Gasteiger partial charge < -0.3 is 24.7 Å². The Bertz CT molecular complexity index is 1720. The number of methoxy groups -OCH3 is 1. The molecule has 4 aromatic rings. The third-order valence-corrected chi connectivity index (χ3v) is 7.66. The Morgan fingerprint density at radius 2 is 1.95 bits per heavy atom. The SMILES string of the molecule is COc1cccc(-c2nc3c(cc2Cl)c(N2CCN(C(=O)O)C[C@@H]2C)nc(=O)n3-c2c(C)ccnc2C(C)C)c1O. The Hall–Kier alpha value is -4.38. The number of pyridine rings is 2. The van der Waals surface area contributed by atoms with Crippen molar-refractivity contribution in [1.29, 1.82) is 0 Å². The summed E-state index contributed by atoms with van der Waals surface area (Å²) in [6.45, 7) is 8.60. The molecule has 0 aliphatic carbocycles. The molecule has 1 aromatic carbocycles. The zero-order valence-electron chi connectivity index (χ0n) is 23.4. The van der Waals surface area contributed by atoms with E-state index in [4.69, 9.17) is 21.3 Å². The molecule has 4 heterocycles. The molecule has 2 N–H and O–H groups in total. The van der Waals surface area contributed by atoms with Gasteiger partial charge in [-0.05, 0) is 49.6 Å². The summed E-state index contributed by atoms with van der Waals surface area (Å²) >= 11 is 6.82. The summed E-state index contributed by atoms with van der Waals surface area (Å²) in [5.41, 5.74) is 2.42. The fourth-order valence-corrected chi connectivity index (χ4v) is 5.58. The second-order valence-electron chi connectivity index (χ2n) is 10.4. The van der Waals surface area contributed by atoms with E-state index in [0.717, 1.165) is 5.56 Å². The monoisotopic (exact) mass is 578 g/mol. The van der Waals surface area contributed by atoms with Gasteiger partial charge in [0.2, 0.25) is 0 Å². The Labute approximate surface area is 241 Å². The smallest absolute Gasteiger partial charge is 0.407 e. The molecule has 0 bridgehead atoms. The number of phenols is 1. The predicted molar refractivity (Wildman–Crippen MR) is 157 cm³/mol. The lowest BCUT2D eigenvalue weighted by molar-refractivity contribution is 0.136. The number of hydrogen-bond acceptors (Lipinski definition) is 8. The van der Waals surface area contributed by atoms with Crippen LogP contribution in [0.3, 0.4) is 0 Å². The molecule has 0 saturated carbocycles. The summed E-state index contributed by atoms with van der Waals surface area (Å²) in [4.78, 5) is 42.8. The standard InChI is InChI=1S/C29H31ClN6O5/c1-15(2)22-24(16(3)9-10-31-22)36-27-19(13-20(30)23(32-27)18-7-6-8-21(41-5)25(18)37)26(33-28(36)38)35-12-11-34(29(39)40)14-17(35)4/h6-10,13,15,17,37H,11-12,14H2,1-5H3,(H,39,40)/t17-/m0/s1. The minimum Gasteiger partial charge on any atom is -0.504 e. The number of benzene rings is 1. The number of nitrogens with zero attached hydrogens (tertiary/aromatic N) is 6. The first-order valence-electron chi connectivity index (χ1n) is 13.2. The normalized spacial score (nSPS) is 15.5. The summed E-state index contributed by atoms with van der Waals surface area (Å²) in [6, 6.07) is 8.26. The number of rotatable bonds is 5. The van der Waals surface area contributed by atoms with Gasteiger partial charge in [0.25, 0.3) is 0 Å². The highest BCUT2D eigenvalue weighted by Gasteiger charge is 2.31. The molecule has 214 valence electrons. The number of aromatic hydroxyl groups is 1. The molecule has 12 heteroatoms. The highest BCUT2D eigenvalue weighted by molar-refractivity contribution is 6.34. The Morgan fingerprint density at radius 3 is 2.61 bits per heavy atom. The molecular formula is C29H31ClN6O5. The van der Waals surface area contributed by atoms with Crippen molar-refractivity contribution in [2.45, 2.75) is 39.7 Å². The largest absolute Gasteiger partial charge is 0.504 e. The molecule has 3 aromatic heterocycles. The maximum absolute atomic E-state index is 14.0. The molecule has 11 nitrogen and oxygen atoms in total. The van der Waals surface area contributed by atoms with Gasteiger partial charge in [-0.15, -0.1) is 0 Å². The molecule has 5 rings (SSSR count). The van der Waals surface area contributed by atoms with E-state index in [0.29, 0.717) is 34.7 Å². The van der Waals surface area contributed by atoms with Crippen molar-refractivity contribution < 1.29 is 19.7 Å². The first-order valence-corrected chi connectivity index (χ1v) is 13.6. The van der Waals surface area contributed by atoms with Gasteiger partial charge in [0.1, 0.15) is 5.82 Å². The first-order chi connectivity index (χ1) is 19.5. The minimum atomic E-state index is -0.995. The minimum absolute atomic E-state index is 0.00940. The van der Waals surface area contributed by atoms with Gasteiger partial charge in [-0.2, -0.15) is 4.98 Å². The van der Waals surface area contributed by atoms with E-state index in [9.17, 15) is 19.8 Å². The highest BCUT2D eigenvalue weighted by atomic mass is 35.5. The van der Waals surface area contributed by atoms with E-state index in [1.54, 1.807) is 30.5 Å². The predicted octanol–water partition coefficient (Wildman–Crippen LogP) is 4.83. The van der Waals surface area contributed by atoms with E-state index < -0.39 is 11.8 Å². The number of ether oxygens (including phenoxy) is 1. The molecule has 0 spiro atoms. The fraction of sp³-hybridized carbons (Fsp3) is 0.345. The molecule has 41 heavy (non-hydrogen) atoms. The topological polar surface area (TPSA) is 134 Å². The number of phenolic OH excluding ortho intramolecular Hbond substituents is 1. The third-order valence-electron chi connectivity index (χ3n) is 7.37. The summed E-state index contributed by atoms with van der Waals surface area (Å²) in [6.07, 6.45) is 0.710. The van der Waals surface area contributed by atoms with Crippen LogP contribution >= 0.6 is 11.6 Å². The molecule has 1 aliphatic heterocycles. The van der Waals surface area contributed by atoms with E-state index >= 15 is 0 Å². The van der Waals surface area contributed by atoms with Crippen molar-refractivity contribution in [3.63, 3.8) is 0 Å². The van der Waals surface area contributed by atoms with Crippen molar-refractivity contribution in [3.05, 3.63) is 63.3 Å². The van der Waals surface area contributed by atoms with Crippen molar-refractivity contribution in [2.75, 3.05) is 31.6 Å². The van der Waals surface area contributed by atoms with E-state index in [-0.39, 0.29) is 52.9 Å². The van der Waals surface area contributed by atoms with Crippen LogP contribution in [0.2, 0.25) is 5.02 Å². The average molecular weight is 579 g/mol. The van der Waals surface area contributed by atoms with Crippen molar-refractivity contribution >= 4 is 34.5 Å². The second kappa shape index (κ2) is 10.9. The molecule has 1 atom stereocenters. The van der Waals surface area contributed by atoms with Crippen LogP contribution in [0.15, 0.2) is 41.3 Å². The highest BCUT2D eigenvalue weighted by Crippen LogP contribution is 2.41. The number of fused-ring (bicyclic) bond motifs is 1. The Morgan fingerprint density at radius 1 is 1.20 bits per heavy atom. The number of anilines is 1. The van der Waals surface area contributed by atoms with Crippen LogP contribution in [0.1, 0.15) is 37.9 Å². The first kappa shape index (κ1) is 28.2. The van der Waals surface area contributed by atoms with Crippen molar-refractivity contribution in [3.8, 4) is 28.4 Å². The molecular weight excluding hydrogens is 548 g/mol. The lowest BCUT2D eigenvalue weighted by Crippen LogP contribution is -2.54. The van der Waals surface area contributed by atoms with Crippen LogP contribution in [0.25, 0.3) is 28.0 Å². The van der Waals surface area contributed by atoms with Gasteiger partial charge in [0.15, 0.2) is 17.1 Å². The average Bonchev–Trinajstić information content (AvgIpc) is 2.93. The molecule has 0 unspecified atom stereocenters. The molecule has 0 radical (unpaired) electrons. The Kier molecular flexibility index (Phi) is 7.48. The number of amides is 1. The maximum atomic E-state index is 14.0. The summed E-state index contributed by atoms with van der Waals surface area (Å²) in [5.74, 6) is 0.474. The quantitative estimate of drug-likeness (QED) is 0.341. The van der Waals surface area contributed by atoms with Crippen LogP contribution < -0.4 is 15.3 Å². The lowest BCUT2D eigenvalue weighted by Gasteiger charge is -2.39.